The summed E-state index contributed by atoms with van der Waals surface area (Å²) in [6, 6.07) is 9.36. The van der Waals surface area contributed by atoms with Crippen molar-refractivity contribution in [3.63, 3.8) is 0 Å². The van der Waals surface area contributed by atoms with Crippen LogP contribution < -0.4 is 11.1 Å². The smallest absolute Gasteiger partial charge is 0.226 e. The number of fused-ring (bicyclic) bond motifs is 1. The summed E-state index contributed by atoms with van der Waals surface area (Å²) in [5, 5.41) is 12.9. The quantitative estimate of drug-likeness (QED) is 0.727. The van der Waals surface area contributed by atoms with Gasteiger partial charge in [-0.2, -0.15) is 0 Å². The lowest BCUT2D eigenvalue weighted by molar-refractivity contribution is -0.121. The molecule has 0 aliphatic rings. The van der Waals surface area contributed by atoms with Gasteiger partial charge in [0.2, 0.25) is 5.91 Å². The van der Waals surface area contributed by atoms with Crippen molar-refractivity contribution in [3.8, 4) is 0 Å². The monoisotopic (exact) mass is 287 g/mol. The third-order valence-electron chi connectivity index (χ3n) is 3.34. The first-order valence-corrected chi connectivity index (χ1v) is 6.93. The minimum absolute atomic E-state index is 0.0258. The molecule has 5 nitrogen and oxygen atoms in total. The summed E-state index contributed by atoms with van der Waals surface area (Å²) in [6.45, 7) is 4.24. The number of pyridine rings is 1. The maximum Gasteiger partial charge on any atom is 0.226 e. The Bertz CT molecular complexity index is 653. The molecule has 5 heteroatoms. The van der Waals surface area contributed by atoms with E-state index in [1.807, 2.05) is 38.1 Å². The van der Waals surface area contributed by atoms with E-state index in [4.69, 9.17) is 10.8 Å². The number of benzene rings is 1. The summed E-state index contributed by atoms with van der Waals surface area (Å²) in [4.78, 5) is 16.4. The highest BCUT2D eigenvalue weighted by Gasteiger charge is 2.17. The van der Waals surface area contributed by atoms with E-state index in [1.54, 1.807) is 6.07 Å². The van der Waals surface area contributed by atoms with Crippen molar-refractivity contribution in [2.24, 2.45) is 5.41 Å². The van der Waals surface area contributed by atoms with Gasteiger partial charge in [-0.15, -0.1) is 0 Å². The zero-order chi connectivity index (χ0) is 15.5. The van der Waals surface area contributed by atoms with Gasteiger partial charge in [0.05, 0.1) is 23.3 Å². The molecule has 0 bridgehead atoms. The minimum atomic E-state index is -0.323. The lowest BCUT2D eigenvalue weighted by Gasteiger charge is -2.21. The second kappa shape index (κ2) is 6.10. The summed E-state index contributed by atoms with van der Waals surface area (Å²) >= 11 is 0. The number of anilines is 1. The lowest BCUT2D eigenvalue weighted by Crippen LogP contribution is -2.36. The van der Waals surface area contributed by atoms with Crippen LogP contribution in [-0.2, 0) is 11.2 Å². The van der Waals surface area contributed by atoms with Crippen molar-refractivity contribution in [2.75, 3.05) is 18.9 Å². The van der Waals surface area contributed by atoms with E-state index >= 15 is 0 Å². The van der Waals surface area contributed by atoms with Gasteiger partial charge in [0, 0.05) is 24.0 Å². The number of amides is 1. The first-order valence-electron chi connectivity index (χ1n) is 6.93. The van der Waals surface area contributed by atoms with Gasteiger partial charge in [-0.05, 0) is 12.1 Å². The molecule has 0 saturated carbocycles. The molecule has 0 saturated heterocycles. The molecule has 2 aromatic rings. The van der Waals surface area contributed by atoms with E-state index in [0.29, 0.717) is 17.9 Å². The highest BCUT2D eigenvalue weighted by atomic mass is 16.3. The Morgan fingerprint density at radius 1 is 1.33 bits per heavy atom. The Labute approximate surface area is 124 Å². The zero-order valence-electron chi connectivity index (χ0n) is 12.4. The Morgan fingerprint density at radius 2 is 2.10 bits per heavy atom. The predicted molar refractivity (Wildman–Crippen MR) is 83.7 cm³/mol. The Kier molecular flexibility index (Phi) is 4.43. The number of hydrogen-bond acceptors (Lipinski definition) is 4. The van der Waals surface area contributed by atoms with Gasteiger partial charge in [0.25, 0.3) is 0 Å². The molecule has 0 unspecified atom stereocenters. The van der Waals surface area contributed by atoms with Gasteiger partial charge < -0.3 is 16.2 Å². The number of carbonyl (C=O) groups excluding carboxylic acids is 1. The third kappa shape index (κ3) is 3.92. The molecule has 4 N–H and O–H groups in total. The maximum atomic E-state index is 11.9. The number of nitrogens with zero attached hydrogens (tertiary/aromatic N) is 1. The summed E-state index contributed by atoms with van der Waals surface area (Å²) in [5.41, 5.74) is 7.59. The molecular formula is C16H21N3O2. The zero-order valence-corrected chi connectivity index (χ0v) is 12.4. The van der Waals surface area contributed by atoms with Gasteiger partial charge >= 0.3 is 0 Å². The second-order valence-electron chi connectivity index (χ2n) is 6.00. The van der Waals surface area contributed by atoms with Crippen LogP contribution in [0.25, 0.3) is 10.9 Å². The Hall–Kier alpha value is -2.14. The molecule has 0 aliphatic carbocycles. The summed E-state index contributed by atoms with van der Waals surface area (Å²) in [7, 11) is 0. The molecule has 112 valence electrons. The van der Waals surface area contributed by atoms with Crippen LogP contribution in [0.5, 0.6) is 0 Å². The van der Waals surface area contributed by atoms with Crippen LogP contribution in [0.1, 0.15) is 19.5 Å². The second-order valence-corrected chi connectivity index (χ2v) is 6.00. The van der Waals surface area contributed by atoms with Crippen molar-refractivity contribution in [1.29, 1.82) is 0 Å². The number of hydrogen-bond donors (Lipinski definition) is 3. The SMILES string of the molecule is CC(C)(CO)CNC(=O)Cc1ccc2cccc(N)c2n1. The van der Waals surface area contributed by atoms with Crippen LogP contribution in [0.3, 0.4) is 0 Å². The molecule has 1 amide bonds. The number of carbonyl (C=O) groups is 1. The first kappa shape index (κ1) is 15.3. The molecule has 0 fully saturated rings. The average molecular weight is 287 g/mol. The van der Waals surface area contributed by atoms with Crippen LogP contribution in [0, 0.1) is 5.41 Å². The Morgan fingerprint density at radius 3 is 2.81 bits per heavy atom. The number of aliphatic hydroxyl groups excluding tert-OH is 1. The number of para-hydroxylation sites is 1. The third-order valence-corrected chi connectivity index (χ3v) is 3.34. The van der Waals surface area contributed by atoms with Crippen LogP contribution in [0.2, 0.25) is 0 Å². The Balaban J connectivity index is 2.06. The van der Waals surface area contributed by atoms with E-state index in [-0.39, 0.29) is 24.3 Å². The fraction of sp³-hybridized carbons (Fsp3) is 0.375. The van der Waals surface area contributed by atoms with Crippen molar-refractivity contribution in [1.82, 2.24) is 10.3 Å². The standard InChI is InChI=1S/C16H21N3O2/c1-16(2,10-20)9-18-14(21)8-12-7-6-11-4-3-5-13(17)15(11)19-12/h3-7,20H,8-10,17H2,1-2H3,(H,18,21). The van der Waals surface area contributed by atoms with Crippen molar-refractivity contribution in [3.05, 3.63) is 36.0 Å². The normalized spacial score (nSPS) is 11.6. The lowest BCUT2D eigenvalue weighted by atomic mass is 9.95. The number of nitrogen functional groups attached to an aromatic ring is 1. The topological polar surface area (TPSA) is 88.2 Å². The van der Waals surface area contributed by atoms with Gasteiger partial charge in [-0.1, -0.05) is 32.0 Å². The van der Waals surface area contributed by atoms with Crippen molar-refractivity contribution in [2.45, 2.75) is 20.3 Å². The van der Waals surface area contributed by atoms with Crippen LogP contribution >= 0.6 is 0 Å². The molecule has 0 spiro atoms. The van der Waals surface area contributed by atoms with Crippen LogP contribution in [0.15, 0.2) is 30.3 Å². The highest BCUT2D eigenvalue weighted by Crippen LogP contribution is 2.19. The maximum absolute atomic E-state index is 11.9. The van der Waals surface area contributed by atoms with Crippen LogP contribution in [0.4, 0.5) is 5.69 Å². The molecule has 1 aromatic heterocycles. The van der Waals surface area contributed by atoms with Gasteiger partial charge in [0.15, 0.2) is 0 Å². The molecule has 0 aliphatic heterocycles. The molecule has 0 atom stereocenters. The summed E-state index contributed by atoms with van der Waals surface area (Å²) in [5.74, 6) is -0.113. The van der Waals surface area contributed by atoms with E-state index < -0.39 is 0 Å². The largest absolute Gasteiger partial charge is 0.397 e. The predicted octanol–water partition coefficient (Wildman–Crippen LogP) is 1.49. The molecular weight excluding hydrogens is 266 g/mol. The van der Waals surface area contributed by atoms with Crippen molar-refractivity contribution >= 4 is 22.5 Å². The molecule has 0 radical (unpaired) electrons. The fourth-order valence-electron chi connectivity index (χ4n) is 1.93. The van der Waals surface area contributed by atoms with E-state index in [0.717, 1.165) is 10.9 Å². The summed E-state index contributed by atoms with van der Waals surface area (Å²) in [6.07, 6.45) is 0.200. The van der Waals surface area contributed by atoms with Crippen molar-refractivity contribution < 1.29 is 9.90 Å². The van der Waals surface area contributed by atoms with Gasteiger partial charge in [0.1, 0.15) is 0 Å². The van der Waals surface area contributed by atoms with E-state index in [2.05, 4.69) is 10.3 Å². The number of nitrogens with two attached hydrogens (primary N) is 1. The number of aromatic nitrogens is 1. The van der Waals surface area contributed by atoms with E-state index in [9.17, 15) is 4.79 Å². The molecule has 1 aromatic carbocycles. The van der Waals surface area contributed by atoms with Crippen LogP contribution in [-0.4, -0.2) is 29.1 Å². The number of nitrogens with one attached hydrogen (secondary N) is 1. The molecule has 1 heterocycles. The molecule has 21 heavy (non-hydrogen) atoms. The van der Waals surface area contributed by atoms with E-state index in [1.165, 1.54) is 0 Å². The molecule has 2 rings (SSSR count). The summed E-state index contributed by atoms with van der Waals surface area (Å²) < 4.78 is 0. The van der Waals surface area contributed by atoms with Gasteiger partial charge in [-0.25, -0.2) is 0 Å². The first-order chi connectivity index (χ1) is 9.91. The fourth-order valence-corrected chi connectivity index (χ4v) is 1.93. The number of aliphatic hydroxyl groups is 1. The highest BCUT2D eigenvalue weighted by molar-refractivity contribution is 5.89. The number of rotatable bonds is 5. The minimum Gasteiger partial charge on any atom is -0.397 e. The van der Waals surface area contributed by atoms with Gasteiger partial charge in [-0.3, -0.25) is 9.78 Å². The average Bonchev–Trinajstić information content (AvgIpc) is 2.46.